The number of carbonyl (C=O) groups is 1. The fourth-order valence-electron chi connectivity index (χ4n) is 1.35. The van der Waals surface area contributed by atoms with Crippen molar-refractivity contribution in [2.45, 2.75) is 29.6 Å². The Morgan fingerprint density at radius 3 is 3.11 bits per heavy atom. The summed E-state index contributed by atoms with van der Waals surface area (Å²) in [5.41, 5.74) is 0. The predicted octanol–water partition coefficient (Wildman–Crippen LogP) is 1.36. The van der Waals surface area contributed by atoms with Crippen molar-refractivity contribution in [2.75, 3.05) is 31.3 Å². The smallest absolute Gasteiger partial charge is 0.230 e. The maximum atomic E-state index is 11.5. The molecule has 2 rings (SSSR count). The van der Waals surface area contributed by atoms with Gasteiger partial charge in [-0.3, -0.25) is 4.79 Å². The van der Waals surface area contributed by atoms with E-state index in [1.54, 1.807) is 7.11 Å². The van der Waals surface area contributed by atoms with Gasteiger partial charge < -0.3 is 15.4 Å². The predicted molar refractivity (Wildman–Crippen MR) is 76.8 cm³/mol. The van der Waals surface area contributed by atoms with Crippen molar-refractivity contribution in [3.8, 4) is 0 Å². The van der Waals surface area contributed by atoms with Crippen molar-refractivity contribution in [3.63, 3.8) is 0 Å². The molecule has 0 aliphatic heterocycles. The van der Waals surface area contributed by atoms with E-state index in [9.17, 15) is 4.79 Å². The fourth-order valence-corrected chi connectivity index (χ4v) is 3.01. The summed E-state index contributed by atoms with van der Waals surface area (Å²) in [5, 5.41) is 15.1. The highest BCUT2D eigenvalue weighted by Gasteiger charge is 2.22. The summed E-state index contributed by atoms with van der Waals surface area (Å²) in [4.78, 5) is 11.5. The second-order valence-electron chi connectivity index (χ2n) is 4.28. The van der Waals surface area contributed by atoms with Crippen LogP contribution in [-0.2, 0) is 9.53 Å². The van der Waals surface area contributed by atoms with E-state index in [2.05, 4.69) is 20.8 Å². The lowest BCUT2D eigenvalue weighted by atomic mass is 10.4. The number of amides is 1. The Balaban J connectivity index is 1.60. The average Bonchev–Trinajstić information content (AvgIpc) is 3.10. The van der Waals surface area contributed by atoms with Gasteiger partial charge in [0.25, 0.3) is 0 Å². The highest BCUT2D eigenvalue weighted by Crippen LogP contribution is 2.29. The number of aromatic nitrogens is 2. The summed E-state index contributed by atoms with van der Waals surface area (Å²) < 4.78 is 5.74. The summed E-state index contributed by atoms with van der Waals surface area (Å²) in [7, 11) is 1.65. The van der Waals surface area contributed by atoms with E-state index in [0.29, 0.717) is 24.9 Å². The number of rotatable bonds is 9. The Morgan fingerprint density at radius 2 is 2.37 bits per heavy atom. The van der Waals surface area contributed by atoms with Crippen LogP contribution in [-0.4, -0.2) is 48.2 Å². The number of carbonyl (C=O) groups excluding carboxylic acids is 1. The van der Waals surface area contributed by atoms with Crippen molar-refractivity contribution in [2.24, 2.45) is 0 Å². The summed E-state index contributed by atoms with van der Waals surface area (Å²) >= 11 is 2.93. The molecule has 0 unspecified atom stereocenters. The molecule has 0 aromatic carbocycles. The third-order valence-electron chi connectivity index (χ3n) is 2.49. The number of anilines is 1. The van der Waals surface area contributed by atoms with Gasteiger partial charge in [0.15, 0.2) is 4.34 Å². The van der Waals surface area contributed by atoms with Crippen LogP contribution < -0.4 is 10.6 Å². The molecule has 0 saturated heterocycles. The third-order valence-corrected chi connectivity index (χ3v) is 4.47. The first-order valence-electron chi connectivity index (χ1n) is 6.26. The van der Waals surface area contributed by atoms with Gasteiger partial charge >= 0.3 is 0 Å². The van der Waals surface area contributed by atoms with Gasteiger partial charge in [0.1, 0.15) is 0 Å². The molecule has 19 heavy (non-hydrogen) atoms. The van der Waals surface area contributed by atoms with E-state index in [-0.39, 0.29) is 5.91 Å². The van der Waals surface area contributed by atoms with Crippen LogP contribution in [0.15, 0.2) is 4.34 Å². The molecule has 0 atom stereocenters. The van der Waals surface area contributed by atoms with Gasteiger partial charge in [-0.1, -0.05) is 23.1 Å². The van der Waals surface area contributed by atoms with Gasteiger partial charge in [-0.25, -0.2) is 0 Å². The Bertz CT molecular complexity index is 409. The lowest BCUT2D eigenvalue weighted by Gasteiger charge is -2.03. The van der Waals surface area contributed by atoms with Gasteiger partial charge in [0, 0.05) is 26.3 Å². The maximum absolute atomic E-state index is 11.5. The quantitative estimate of drug-likeness (QED) is 0.530. The molecule has 1 heterocycles. The molecule has 1 aliphatic carbocycles. The molecule has 1 fully saturated rings. The Morgan fingerprint density at radius 1 is 1.53 bits per heavy atom. The molecule has 1 aromatic heterocycles. The summed E-state index contributed by atoms with van der Waals surface area (Å²) in [6.45, 7) is 1.32. The first kappa shape index (κ1) is 14.5. The summed E-state index contributed by atoms with van der Waals surface area (Å²) in [5.74, 6) is 0.401. The zero-order valence-corrected chi connectivity index (χ0v) is 12.5. The number of ether oxygens (including phenoxy) is 1. The fraction of sp³-hybridized carbons (Fsp3) is 0.727. The molecule has 0 spiro atoms. The second kappa shape index (κ2) is 7.66. The number of hydrogen-bond donors (Lipinski definition) is 2. The zero-order chi connectivity index (χ0) is 13.5. The molecule has 2 N–H and O–H groups in total. The van der Waals surface area contributed by atoms with Crippen LogP contribution in [0.3, 0.4) is 0 Å². The van der Waals surface area contributed by atoms with Crippen LogP contribution in [0.25, 0.3) is 0 Å². The van der Waals surface area contributed by atoms with E-state index < -0.39 is 0 Å². The van der Waals surface area contributed by atoms with Crippen molar-refractivity contribution < 1.29 is 9.53 Å². The summed E-state index contributed by atoms with van der Waals surface area (Å²) in [6.07, 6.45) is 3.26. The van der Waals surface area contributed by atoms with Crippen LogP contribution in [0.4, 0.5) is 5.13 Å². The zero-order valence-electron chi connectivity index (χ0n) is 10.8. The number of thioether (sulfide) groups is 1. The molecule has 106 valence electrons. The molecule has 6 nitrogen and oxygen atoms in total. The Kier molecular flexibility index (Phi) is 5.87. The van der Waals surface area contributed by atoms with Gasteiger partial charge in [0.2, 0.25) is 11.0 Å². The van der Waals surface area contributed by atoms with E-state index in [1.165, 1.54) is 35.9 Å². The third kappa shape index (κ3) is 5.75. The van der Waals surface area contributed by atoms with E-state index in [0.717, 1.165) is 15.9 Å². The van der Waals surface area contributed by atoms with Crippen LogP contribution in [0.2, 0.25) is 0 Å². The van der Waals surface area contributed by atoms with Gasteiger partial charge in [0.05, 0.1) is 5.75 Å². The molecule has 1 amide bonds. The number of nitrogens with one attached hydrogen (secondary N) is 2. The topological polar surface area (TPSA) is 76.1 Å². The van der Waals surface area contributed by atoms with Crippen LogP contribution in [0, 0.1) is 0 Å². The highest BCUT2D eigenvalue weighted by molar-refractivity contribution is 8.01. The van der Waals surface area contributed by atoms with Crippen molar-refractivity contribution in [1.29, 1.82) is 0 Å². The minimum Gasteiger partial charge on any atom is -0.385 e. The molecular formula is C11H18N4O2S2. The lowest BCUT2D eigenvalue weighted by Crippen LogP contribution is -2.26. The SMILES string of the molecule is COCCCNC(=O)CSc1nnc(NC2CC2)s1. The molecule has 0 radical (unpaired) electrons. The van der Waals surface area contributed by atoms with Crippen molar-refractivity contribution in [1.82, 2.24) is 15.5 Å². The van der Waals surface area contributed by atoms with Crippen molar-refractivity contribution >= 4 is 34.1 Å². The minimum absolute atomic E-state index is 0.0213. The standard InChI is InChI=1S/C11H18N4O2S2/c1-17-6-2-5-12-9(16)7-18-11-15-14-10(19-11)13-8-3-4-8/h8H,2-7H2,1H3,(H,12,16)(H,13,14). The second-order valence-corrected chi connectivity index (χ2v) is 6.48. The molecule has 1 aromatic rings. The van der Waals surface area contributed by atoms with Gasteiger partial charge in [-0.15, -0.1) is 10.2 Å². The Hall–Kier alpha value is -0.860. The van der Waals surface area contributed by atoms with Crippen LogP contribution in [0.5, 0.6) is 0 Å². The van der Waals surface area contributed by atoms with E-state index >= 15 is 0 Å². The van der Waals surface area contributed by atoms with E-state index in [1.807, 2.05) is 0 Å². The van der Waals surface area contributed by atoms with Crippen LogP contribution >= 0.6 is 23.1 Å². The lowest BCUT2D eigenvalue weighted by molar-refractivity contribution is -0.118. The highest BCUT2D eigenvalue weighted by atomic mass is 32.2. The maximum Gasteiger partial charge on any atom is 0.230 e. The van der Waals surface area contributed by atoms with Crippen LogP contribution in [0.1, 0.15) is 19.3 Å². The molecule has 0 bridgehead atoms. The summed E-state index contributed by atoms with van der Waals surface area (Å²) in [6, 6.07) is 0.579. The molecule has 1 saturated carbocycles. The molecule has 8 heteroatoms. The average molecular weight is 302 g/mol. The first-order valence-corrected chi connectivity index (χ1v) is 8.06. The number of nitrogens with zero attached hydrogens (tertiary/aromatic N) is 2. The van der Waals surface area contributed by atoms with E-state index in [4.69, 9.17) is 4.74 Å². The number of hydrogen-bond acceptors (Lipinski definition) is 7. The minimum atomic E-state index is 0.0213. The monoisotopic (exact) mass is 302 g/mol. The normalized spacial score (nSPS) is 14.4. The largest absolute Gasteiger partial charge is 0.385 e. The van der Waals surface area contributed by atoms with Crippen molar-refractivity contribution in [3.05, 3.63) is 0 Å². The Labute approximate surface area is 120 Å². The molecular weight excluding hydrogens is 284 g/mol. The number of methoxy groups -OCH3 is 1. The first-order chi connectivity index (χ1) is 9.28. The molecule has 1 aliphatic rings. The van der Waals surface area contributed by atoms with Gasteiger partial charge in [-0.05, 0) is 19.3 Å². The van der Waals surface area contributed by atoms with Gasteiger partial charge in [-0.2, -0.15) is 0 Å².